The lowest BCUT2D eigenvalue weighted by Gasteiger charge is -2.30. The Kier molecular flexibility index (Phi) is 4.40. The number of rotatable bonds is 3. The van der Waals surface area contributed by atoms with Crippen LogP contribution in [0.1, 0.15) is 31.9 Å². The van der Waals surface area contributed by atoms with Gasteiger partial charge in [0.05, 0.1) is 0 Å². The third-order valence-electron chi connectivity index (χ3n) is 3.18. The summed E-state index contributed by atoms with van der Waals surface area (Å²) in [6.07, 6.45) is 0.957. The lowest BCUT2D eigenvalue weighted by molar-refractivity contribution is 0.246. The molecule has 2 heteroatoms. The third kappa shape index (κ3) is 3.50. The quantitative estimate of drug-likeness (QED) is 0.853. The van der Waals surface area contributed by atoms with E-state index in [9.17, 15) is 0 Å². The van der Waals surface area contributed by atoms with E-state index in [2.05, 4.69) is 39.8 Å². The summed E-state index contributed by atoms with van der Waals surface area (Å²) in [5.74, 6) is 0.465. The van der Waals surface area contributed by atoms with Gasteiger partial charge in [0.25, 0.3) is 0 Å². The normalized spacial score (nSPS) is 13.9. The highest BCUT2D eigenvalue weighted by molar-refractivity contribution is 6.31. The van der Waals surface area contributed by atoms with Gasteiger partial charge in [-0.15, -0.1) is 0 Å². The molecule has 0 bridgehead atoms. The van der Waals surface area contributed by atoms with E-state index in [0.29, 0.717) is 12.5 Å². The van der Waals surface area contributed by atoms with Gasteiger partial charge in [0.1, 0.15) is 0 Å². The van der Waals surface area contributed by atoms with Gasteiger partial charge in [-0.2, -0.15) is 0 Å². The highest BCUT2D eigenvalue weighted by Crippen LogP contribution is 2.30. The van der Waals surface area contributed by atoms with Crippen molar-refractivity contribution >= 4 is 11.6 Å². The molecule has 2 N–H and O–H groups in total. The van der Waals surface area contributed by atoms with Crippen LogP contribution in [0.25, 0.3) is 0 Å². The minimum absolute atomic E-state index is 0.225. The van der Waals surface area contributed by atoms with E-state index < -0.39 is 0 Å². The number of hydrogen-bond acceptors (Lipinski definition) is 1. The molecule has 1 aromatic carbocycles. The van der Waals surface area contributed by atoms with Crippen molar-refractivity contribution in [3.63, 3.8) is 0 Å². The molecule has 1 nitrogen and oxygen atoms in total. The first kappa shape index (κ1) is 13.5. The average molecular weight is 240 g/mol. The first-order valence-electron chi connectivity index (χ1n) is 5.79. The Bertz CT molecular complexity index is 352. The fourth-order valence-corrected chi connectivity index (χ4v) is 2.14. The summed E-state index contributed by atoms with van der Waals surface area (Å²) in [6.45, 7) is 9.44. The Morgan fingerprint density at radius 2 is 1.94 bits per heavy atom. The zero-order valence-electron chi connectivity index (χ0n) is 10.7. The maximum atomic E-state index is 6.24. The van der Waals surface area contributed by atoms with Gasteiger partial charge in [-0.3, -0.25) is 0 Å². The fourth-order valence-electron chi connectivity index (χ4n) is 1.83. The van der Waals surface area contributed by atoms with E-state index in [1.165, 1.54) is 11.1 Å². The van der Waals surface area contributed by atoms with Gasteiger partial charge in [-0.25, -0.2) is 0 Å². The van der Waals surface area contributed by atoms with Crippen LogP contribution >= 0.6 is 11.6 Å². The van der Waals surface area contributed by atoms with Crippen molar-refractivity contribution in [2.75, 3.05) is 6.54 Å². The van der Waals surface area contributed by atoms with Gasteiger partial charge in [0, 0.05) is 5.02 Å². The lowest BCUT2D eigenvalue weighted by atomic mass is 9.77. The predicted molar refractivity (Wildman–Crippen MR) is 71.9 cm³/mol. The molecule has 0 aliphatic carbocycles. The Labute approximate surface area is 104 Å². The topological polar surface area (TPSA) is 26.0 Å². The molecule has 0 spiro atoms. The van der Waals surface area contributed by atoms with Crippen LogP contribution in [0.2, 0.25) is 5.02 Å². The second kappa shape index (κ2) is 5.20. The number of aryl methyl sites for hydroxylation is 1. The molecule has 90 valence electrons. The monoisotopic (exact) mass is 239 g/mol. The van der Waals surface area contributed by atoms with Gasteiger partial charge in [0.2, 0.25) is 0 Å². The molecule has 0 heterocycles. The minimum Gasteiger partial charge on any atom is -0.330 e. The van der Waals surface area contributed by atoms with E-state index in [4.69, 9.17) is 17.3 Å². The van der Waals surface area contributed by atoms with Crippen molar-refractivity contribution in [1.82, 2.24) is 0 Å². The van der Waals surface area contributed by atoms with Crippen molar-refractivity contribution in [2.24, 2.45) is 17.1 Å². The molecule has 0 saturated heterocycles. The van der Waals surface area contributed by atoms with E-state index in [1.807, 2.05) is 6.07 Å². The third-order valence-corrected chi connectivity index (χ3v) is 3.54. The summed E-state index contributed by atoms with van der Waals surface area (Å²) >= 11 is 6.24. The molecule has 1 unspecified atom stereocenters. The van der Waals surface area contributed by atoms with Crippen LogP contribution in [-0.4, -0.2) is 6.54 Å². The van der Waals surface area contributed by atoms with Crippen LogP contribution in [0.15, 0.2) is 18.2 Å². The first-order valence-corrected chi connectivity index (χ1v) is 6.17. The number of nitrogens with two attached hydrogens (primary N) is 1. The van der Waals surface area contributed by atoms with E-state index in [1.54, 1.807) is 0 Å². The zero-order chi connectivity index (χ0) is 12.3. The van der Waals surface area contributed by atoms with Crippen molar-refractivity contribution in [2.45, 2.75) is 34.1 Å². The molecule has 16 heavy (non-hydrogen) atoms. The summed E-state index contributed by atoms with van der Waals surface area (Å²) < 4.78 is 0. The molecule has 0 amide bonds. The molecule has 0 fully saturated rings. The van der Waals surface area contributed by atoms with Gasteiger partial charge in [0.15, 0.2) is 0 Å². The molecular weight excluding hydrogens is 218 g/mol. The molecular formula is C14H22ClN. The molecule has 1 atom stereocenters. The Balaban J connectivity index is 2.86. The van der Waals surface area contributed by atoms with Crippen LogP contribution in [0.5, 0.6) is 0 Å². The first-order chi connectivity index (χ1) is 7.34. The van der Waals surface area contributed by atoms with Crippen LogP contribution in [0.4, 0.5) is 0 Å². The second-order valence-corrected chi connectivity index (χ2v) is 6.00. The summed E-state index contributed by atoms with van der Waals surface area (Å²) in [5.41, 5.74) is 8.48. The van der Waals surface area contributed by atoms with Crippen LogP contribution in [0.3, 0.4) is 0 Å². The van der Waals surface area contributed by atoms with Crippen LogP contribution in [0, 0.1) is 18.3 Å². The van der Waals surface area contributed by atoms with Gasteiger partial charge in [-0.05, 0) is 48.4 Å². The molecule has 0 aromatic heterocycles. The largest absolute Gasteiger partial charge is 0.330 e. The van der Waals surface area contributed by atoms with E-state index in [-0.39, 0.29) is 5.41 Å². The highest BCUT2D eigenvalue weighted by atomic mass is 35.5. The minimum atomic E-state index is 0.225. The highest BCUT2D eigenvalue weighted by Gasteiger charge is 2.23. The predicted octanol–water partition coefficient (Wildman–Crippen LogP) is 3.81. The number of hydrogen-bond donors (Lipinski definition) is 1. The summed E-state index contributed by atoms with van der Waals surface area (Å²) in [6, 6.07) is 6.25. The van der Waals surface area contributed by atoms with Crippen molar-refractivity contribution in [1.29, 1.82) is 0 Å². The average Bonchev–Trinajstić information content (AvgIpc) is 2.14. The van der Waals surface area contributed by atoms with Gasteiger partial charge < -0.3 is 5.73 Å². The van der Waals surface area contributed by atoms with Gasteiger partial charge in [-0.1, -0.05) is 44.5 Å². The smallest absolute Gasteiger partial charge is 0.0440 e. The second-order valence-electron chi connectivity index (χ2n) is 5.60. The zero-order valence-corrected chi connectivity index (χ0v) is 11.4. The van der Waals surface area contributed by atoms with Crippen molar-refractivity contribution in [3.8, 4) is 0 Å². The molecule has 0 aliphatic rings. The van der Waals surface area contributed by atoms with Gasteiger partial charge >= 0.3 is 0 Å². The summed E-state index contributed by atoms with van der Waals surface area (Å²) in [5, 5.41) is 0.864. The standard InChI is InChI=1S/C14H22ClN/c1-10-5-6-11(13(15)7-10)8-12(9-16)14(2,3)4/h5-7,12H,8-9,16H2,1-4H3. The summed E-state index contributed by atoms with van der Waals surface area (Å²) in [7, 11) is 0. The molecule has 1 aromatic rings. The van der Waals surface area contributed by atoms with Crippen LogP contribution in [-0.2, 0) is 6.42 Å². The van der Waals surface area contributed by atoms with Crippen molar-refractivity contribution < 1.29 is 0 Å². The Morgan fingerprint density at radius 1 is 1.31 bits per heavy atom. The Hall–Kier alpha value is -0.530. The van der Waals surface area contributed by atoms with Crippen LogP contribution < -0.4 is 5.73 Å². The molecule has 0 radical (unpaired) electrons. The maximum Gasteiger partial charge on any atom is 0.0440 e. The molecule has 0 saturated carbocycles. The summed E-state index contributed by atoms with van der Waals surface area (Å²) in [4.78, 5) is 0. The number of benzene rings is 1. The van der Waals surface area contributed by atoms with Crippen molar-refractivity contribution in [3.05, 3.63) is 34.3 Å². The fraction of sp³-hybridized carbons (Fsp3) is 0.571. The molecule has 0 aliphatic heterocycles. The van der Waals surface area contributed by atoms with E-state index in [0.717, 1.165) is 11.4 Å². The molecule has 1 rings (SSSR count). The maximum absolute atomic E-state index is 6.24. The Morgan fingerprint density at radius 3 is 2.38 bits per heavy atom. The SMILES string of the molecule is Cc1ccc(CC(CN)C(C)(C)C)c(Cl)c1. The number of halogens is 1. The van der Waals surface area contributed by atoms with E-state index >= 15 is 0 Å². The lowest BCUT2D eigenvalue weighted by Crippen LogP contribution is -2.30.